The highest BCUT2D eigenvalue weighted by molar-refractivity contribution is 5.38. The van der Waals surface area contributed by atoms with Crippen LogP contribution in [0.1, 0.15) is 30.0 Å². The second-order valence-corrected chi connectivity index (χ2v) is 5.73. The molecule has 2 rings (SSSR count). The molecule has 0 bridgehead atoms. The van der Waals surface area contributed by atoms with Crippen LogP contribution in [0.3, 0.4) is 0 Å². The van der Waals surface area contributed by atoms with E-state index in [-0.39, 0.29) is 0 Å². The molecule has 0 fully saturated rings. The highest BCUT2D eigenvalue weighted by Crippen LogP contribution is 2.28. The van der Waals surface area contributed by atoms with Crippen molar-refractivity contribution in [2.75, 3.05) is 7.11 Å². The molecule has 21 heavy (non-hydrogen) atoms. The van der Waals surface area contributed by atoms with Gasteiger partial charge < -0.3 is 9.84 Å². The van der Waals surface area contributed by atoms with Gasteiger partial charge in [0.05, 0.1) is 12.7 Å². The molecule has 1 unspecified atom stereocenters. The lowest BCUT2D eigenvalue weighted by atomic mass is 9.85. The van der Waals surface area contributed by atoms with Crippen molar-refractivity contribution in [2.24, 2.45) is 0 Å². The van der Waals surface area contributed by atoms with Gasteiger partial charge in [-0.3, -0.25) is 0 Å². The SMILES string of the molecule is CCC(O)(Cc1ccccc1)Cc1cc(C)ccc1OC. The molecule has 2 heteroatoms. The fourth-order valence-electron chi connectivity index (χ4n) is 2.69. The fraction of sp³-hybridized carbons (Fsp3) is 0.368. The molecule has 2 nitrogen and oxygen atoms in total. The van der Waals surface area contributed by atoms with Gasteiger partial charge in [-0.05, 0) is 30.5 Å². The summed E-state index contributed by atoms with van der Waals surface area (Å²) in [4.78, 5) is 0. The minimum Gasteiger partial charge on any atom is -0.496 e. The van der Waals surface area contributed by atoms with Crippen LogP contribution in [-0.2, 0) is 12.8 Å². The van der Waals surface area contributed by atoms with Crippen LogP contribution in [0.4, 0.5) is 0 Å². The monoisotopic (exact) mass is 284 g/mol. The second-order valence-electron chi connectivity index (χ2n) is 5.73. The van der Waals surface area contributed by atoms with Crippen LogP contribution in [0.2, 0.25) is 0 Å². The highest BCUT2D eigenvalue weighted by Gasteiger charge is 2.27. The van der Waals surface area contributed by atoms with Crippen LogP contribution in [0.5, 0.6) is 5.75 Å². The molecule has 112 valence electrons. The molecule has 1 N–H and O–H groups in total. The molecular weight excluding hydrogens is 260 g/mol. The predicted octanol–water partition coefficient (Wildman–Crippen LogP) is 3.93. The molecule has 1 atom stereocenters. The Kier molecular flexibility index (Phi) is 5.03. The number of aliphatic hydroxyl groups is 1. The number of hydrogen-bond acceptors (Lipinski definition) is 2. The predicted molar refractivity (Wildman–Crippen MR) is 86.8 cm³/mol. The van der Waals surface area contributed by atoms with Gasteiger partial charge >= 0.3 is 0 Å². The Hall–Kier alpha value is -1.80. The number of ether oxygens (including phenoxy) is 1. The van der Waals surface area contributed by atoms with Crippen LogP contribution in [-0.4, -0.2) is 17.8 Å². The van der Waals surface area contributed by atoms with E-state index in [0.29, 0.717) is 19.3 Å². The normalized spacial score (nSPS) is 13.7. The van der Waals surface area contributed by atoms with Gasteiger partial charge in [-0.1, -0.05) is 55.0 Å². The molecule has 0 aliphatic rings. The number of aryl methyl sites for hydroxylation is 1. The largest absolute Gasteiger partial charge is 0.496 e. The van der Waals surface area contributed by atoms with Crippen LogP contribution < -0.4 is 4.74 Å². The number of hydrogen-bond donors (Lipinski definition) is 1. The van der Waals surface area contributed by atoms with Crippen molar-refractivity contribution in [2.45, 2.75) is 38.7 Å². The van der Waals surface area contributed by atoms with Crippen molar-refractivity contribution >= 4 is 0 Å². The number of methoxy groups -OCH3 is 1. The van der Waals surface area contributed by atoms with Gasteiger partial charge in [0, 0.05) is 12.8 Å². The van der Waals surface area contributed by atoms with E-state index in [1.165, 1.54) is 5.56 Å². The first kappa shape index (κ1) is 15.6. The molecule has 0 heterocycles. The van der Waals surface area contributed by atoms with E-state index in [0.717, 1.165) is 16.9 Å². The van der Waals surface area contributed by atoms with E-state index in [1.54, 1.807) is 7.11 Å². The first-order chi connectivity index (χ1) is 10.1. The fourth-order valence-corrected chi connectivity index (χ4v) is 2.69. The Morgan fingerprint density at radius 1 is 1.05 bits per heavy atom. The average Bonchev–Trinajstić information content (AvgIpc) is 2.48. The van der Waals surface area contributed by atoms with E-state index >= 15 is 0 Å². The molecule has 0 aliphatic carbocycles. The molecule has 0 amide bonds. The maximum Gasteiger partial charge on any atom is 0.122 e. The quantitative estimate of drug-likeness (QED) is 0.871. The Bertz CT molecular complexity index is 577. The molecule has 0 saturated heterocycles. The minimum absolute atomic E-state index is 0.600. The van der Waals surface area contributed by atoms with E-state index in [1.807, 2.05) is 37.3 Å². The van der Waals surface area contributed by atoms with Gasteiger partial charge in [0.1, 0.15) is 5.75 Å². The Labute approximate surface area is 127 Å². The molecule has 0 aliphatic heterocycles. The third kappa shape index (κ3) is 4.08. The Balaban J connectivity index is 2.23. The minimum atomic E-state index is -0.748. The van der Waals surface area contributed by atoms with Crippen LogP contribution >= 0.6 is 0 Å². The lowest BCUT2D eigenvalue weighted by molar-refractivity contribution is 0.0363. The van der Waals surface area contributed by atoms with Crippen molar-refractivity contribution in [3.63, 3.8) is 0 Å². The smallest absolute Gasteiger partial charge is 0.122 e. The summed E-state index contributed by atoms with van der Waals surface area (Å²) in [7, 11) is 1.68. The second kappa shape index (κ2) is 6.77. The van der Waals surface area contributed by atoms with Gasteiger partial charge in [-0.2, -0.15) is 0 Å². The maximum atomic E-state index is 11.0. The summed E-state index contributed by atoms with van der Waals surface area (Å²) < 4.78 is 5.43. The molecule has 0 spiro atoms. The summed E-state index contributed by atoms with van der Waals surface area (Å²) in [6, 6.07) is 16.3. The summed E-state index contributed by atoms with van der Waals surface area (Å²) in [5, 5.41) is 11.0. The Morgan fingerprint density at radius 3 is 2.38 bits per heavy atom. The lowest BCUT2D eigenvalue weighted by Crippen LogP contribution is -2.33. The molecule has 2 aromatic rings. The van der Waals surface area contributed by atoms with Gasteiger partial charge in [0.15, 0.2) is 0 Å². The van der Waals surface area contributed by atoms with E-state index in [4.69, 9.17) is 4.74 Å². The summed E-state index contributed by atoms with van der Waals surface area (Å²) in [6.07, 6.45) is 1.96. The van der Waals surface area contributed by atoms with Gasteiger partial charge in [-0.25, -0.2) is 0 Å². The van der Waals surface area contributed by atoms with Crippen molar-refractivity contribution in [1.82, 2.24) is 0 Å². The first-order valence-corrected chi connectivity index (χ1v) is 7.46. The zero-order valence-electron chi connectivity index (χ0n) is 13.1. The van der Waals surface area contributed by atoms with Gasteiger partial charge in [0.2, 0.25) is 0 Å². The zero-order valence-corrected chi connectivity index (χ0v) is 13.1. The summed E-state index contributed by atoms with van der Waals surface area (Å²) in [6.45, 7) is 4.09. The van der Waals surface area contributed by atoms with Crippen molar-refractivity contribution < 1.29 is 9.84 Å². The Morgan fingerprint density at radius 2 is 1.76 bits per heavy atom. The number of benzene rings is 2. The molecule has 0 aromatic heterocycles. The van der Waals surface area contributed by atoms with Crippen LogP contribution in [0.25, 0.3) is 0 Å². The summed E-state index contributed by atoms with van der Waals surface area (Å²) in [5.74, 6) is 0.848. The van der Waals surface area contributed by atoms with Crippen molar-refractivity contribution in [3.05, 3.63) is 65.2 Å². The standard InChI is InChI=1S/C19H24O2/c1-4-19(20,13-16-8-6-5-7-9-16)14-17-12-15(2)10-11-18(17)21-3/h5-12,20H,4,13-14H2,1-3H3. The van der Waals surface area contributed by atoms with Crippen LogP contribution in [0, 0.1) is 6.92 Å². The zero-order chi connectivity index (χ0) is 15.3. The summed E-state index contributed by atoms with van der Waals surface area (Å²) in [5.41, 5.74) is 2.66. The molecule has 0 saturated carbocycles. The molecular formula is C19H24O2. The van der Waals surface area contributed by atoms with Gasteiger partial charge in [0.25, 0.3) is 0 Å². The van der Waals surface area contributed by atoms with E-state index in [2.05, 4.69) is 25.1 Å². The number of rotatable bonds is 6. The average molecular weight is 284 g/mol. The first-order valence-electron chi connectivity index (χ1n) is 7.46. The van der Waals surface area contributed by atoms with Crippen LogP contribution in [0.15, 0.2) is 48.5 Å². The topological polar surface area (TPSA) is 29.5 Å². The molecule has 0 radical (unpaired) electrons. The summed E-state index contributed by atoms with van der Waals surface area (Å²) >= 11 is 0. The van der Waals surface area contributed by atoms with E-state index in [9.17, 15) is 5.11 Å². The lowest BCUT2D eigenvalue weighted by Gasteiger charge is -2.28. The maximum absolute atomic E-state index is 11.0. The third-order valence-electron chi connectivity index (χ3n) is 3.99. The van der Waals surface area contributed by atoms with Crippen molar-refractivity contribution in [3.8, 4) is 5.75 Å². The third-order valence-corrected chi connectivity index (χ3v) is 3.99. The van der Waals surface area contributed by atoms with Gasteiger partial charge in [-0.15, -0.1) is 0 Å². The van der Waals surface area contributed by atoms with E-state index < -0.39 is 5.60 Å². The van der Waals surface area contributed by atoms with Crippen molar-refractivity contribution in [1.29, 1.82) is 0 Å². The highest BCUT2D eigenvalue weighted by atomic mass is 16.5. The molecule has 2 aromatic carbocycles.